The zero-order chi connectivity index (χ0) is 16.0. The maximum Gasteiger partial charge on any atom is 0.183 e. The zero-order valence-corrected chi connectivity index (χ0v) is 14.0. The lowest BCUT2D eigenvalue weighted by atomic mass is 10.1. The summed E-state index contributed by atoms with van der Waals surface area (Å²) in [4.78, 5) is 12.3. The molecule has 0 bridgehead atoms. The van der Waals surface area contributed by atoms with Crippen LogP contribution in [0.25, 0.3) is 0 Å². The largest absolute Gasteiger partial charge is 0.482 e. The van der Waals surface area contributed by atoms with Crippen LogP contribution in [0, 0.1) is 0 Å². The summed E-state index contributed by atoms with van der Waals surface area (Å²) in [6.07, 6.45) is 11.2. The molecule has 0 spiro atoms. The summed E-state index contributed by atoms with van der Waals surface area (Å²) in [7, 11) is 0. The molecule has 0 aromatic rings. The Bertz CT molecular complexity index is 372. The van der Waals surface area contributed by atoms with E-state index in [0.29, 0.717) is 0 Å². The van der Waals surface area contributed by atoms with Gasteiger partial charge in [0.1, 0.15) is 19.8 Å². The lowest BCUT2D eigenvalue weighted by molar-refractivity contribution is 0.335. The van der Waals surface area contributed by atoms with Gasteiger partial charge in [-0.15, -0.1) is 0 Å². The first-order valence-electron chi connectivity index (χ1n) is 8.87. The van der Waals surface area contributed by atoms with E-state index in [9.17, 15) is 0 Å². The van der Waals surface area contributed by atoms with Crippen LogP contribution in [0.1, 0.15) is 51.4 Å². The Balaban J connectivity index is 0.000000326. The van der Waals surface area contributed by atoms with Gasteiger partial charge in [-0.2, -0.15) is 0 Å². The van der Waals surface area contributed by atoms with E-state index in [1.807, 2.05) is 0 Å². The highest BCUT2D eigenvalue weighted by atomic mass is 16.5. The molecule has 0 aromatic carbocycles. The molecule has 130 valence electrons. The molecule has 3 rings (SSSR count). The van der Waals surface area contributed by atoms with Crippen molar-refractivity contribution in [3.8, 4) is 0 Å². The smallest absolute Gasteiger partial charge is 0.183 e. The second-order valence-corrected chi connectivity index (χ2v) is 5.75. The minimum atomic E-state index is 0.778. The van der Waals surface area contributed by atoms with Crippen molar-refractivity contribution in [2.75, 3.05) is 39.5 Å². The van der Waals surface area contributed by atoms with Crippen LogP contribution in [0.4, 0.5) is 0 Å². The van der Waals surface area contributed by atoms with Gasteiger partial charge < -0.3 is 14.2 Å². The average molecular weight is 323 g/mol. The average Bonchev–Trinajstić information content (AvgIpc) is 3.35. The molecule has 3 heterocycles. The van der Waals surface area contributed by atoms with Crippen LogP contribution in [-0.4, -0.2) is 57.7 Å². The summed E-state index contributed by atoms with van der Waals surface area (Å²) in [5, 5.41) is 0. The summed E-state index contributed by atoms with van der Waals surface area (Å²) in [5.41, 5.74) is 0. The number of aliphatic imine (C=N–C) groups is 3. The first-order chi connectivity index (χ1) is 11.4. The highest BCUT2D eigenvalue weighted by Crippen LogP contribution is 2.12. The Morgan fingerprint density at radius 2 is 1.26 bits per heavy atom. The number of hydrogen-bond donors (Lipinski definition) is 0. The van der Waals surface area contributed by atoms with Crippen molar-refractivity contribution in [2.45, 2.75) is 51.4 Å². The third-order valence-corrected chi connectivity index (χ3v) is 3.81. The minimum absolute atomic E-state index is 0.778. The highest BCUT2D eigenvalue weighted by Gasteiger charge is 2.07. The predicted octanol–water partition coefficient (Wildman–Crippen LogP) is 3.01. The molecule has 0 radical (unpaired) electrons. The lowest BCUT2D eigenvalue weighted by Gasteiger charge is -2.03. The molecule has 0 atom stereocenters. The van der Waals surface area contributed by atoms with E-state index in [1.165, 1.54) is 44.9 Å². The molecular weight excluding hydrogens is 294 g/mol. The summed E-state index contributed by atoms with van der Waals surface area (Å²) < 4.78 is 15.4. The van der Waals surface area contributed by atoms with Gasteiger partial charge in [0.05, 0.1) is 19.6 Å². The van der Waals surface area contributed by atoms with Crippen molar-refractivity contribution >= 4 is 18.2 Å². The summed E-state index contributed by atoms with van der Waals surface area (Å²) in [6.45, 7) is 4.94. The number of hydrogen-bond acceptors (Lipinski definition) is 6. The predicted molar refractivity (Wildman–Crippen MR) is 92.8 cm³/mol. The number of ether oxygens (including phenoxy) is 3. The maximum absolute atomic E-state index is 5.38. The van der Waals surface area contributed by atoms with Crippen LogP contribution in [0.15, 0.2) is 15.0 Å². The fourth-order valence-electron chi connectivity index (χ4n) is 2.58. The Kier molecular flexibility index (Phi) is 9.20. The van der Waals surface area contributed by atoms with Crippen LogP contribution in [0.5, 0.6) is 0 Å². The quantitative estimate of drug-likeness (QED) is 0.613. The second kappa shape index (κ2) is 11.9. The van der Waals surface area contributed by atoms with E-state index in [2.05, 4.69) is 19.7 Å². The van der Waals surface area contributed by atoms with Crippen LogP contribution in [0.2, 0.25) is 0 Å². The van der Waals surface area contributed by atoms with Gasteiger partial charge in [0.15, 0.2) is 18.2 Å². The van der Waals surface area contributed by atoms with Gasteiger partial charge >= 0.3 is 0 Å². The van der Waals surface area contributed by atoms with E-state index in [4.69, 9.17) is 9.47 Å². The van der Waals surface area contributed by atoms with Crippen LogP contribution < -0.4 is 0 Å². The Labute approximate surface area is 139 Å². The second-order valence-electron chi connectivity index (χ2n) is 5.75. The Hall–Kier alpha value is -1.59. The molecule has 0 aromatic heterocycles. The lowest BCUT2D eigenvalue weighted by Crippen LogP contribution is -1.99. The molecule has 23 heavy (non-hydrogen) atoms. The molecule has 0 N–H and O–H groups in total. The molecule has 3 aliphatic heterocycles. The van der Waals surface area contributed by atoms with Crippen LogP contribution in [0.3, 0.4) is 0 Å². The number of rotatable bonds is 9. The van der Waals surface area contributed by atoms with Gasteiger partial charge in [-0.1, -0.05) is 25.7 Å². The first kappa shape index (κ1) is 17.8. The topological polar surface area (TPSA) is 64.8 Å². The molecule has 0 amide bonds. The SMILES string of the molecule is C(CCCCC1=NCCO1)CCCC1=NCCO1.C1=NCCO1. The third kappa shape index (κ3) is 8.57. The minimum Gasteiger partial charge on any atom is -0.482 e. The standard InChI is InChI=1S/C14H24N2O2.C3H5NO/c1(3-5-7-13-15-9-11-17-13)2-4-6-8-14-16-10-12-18-14;1-2-5-3-4-1/h1-12H2;3H,1-2H2. The van der Waals surface area contributed by atoms with Crippen LogP contribution in [-0.2, 0) is 14.2 Å². The maximum atomic E-state index is 5.38. The van der Waals surface area contributed by atoms with Gasteiger partial charge in [0.2, 0.25) is 0 Å². The Morgan fingerprint density at radius 1 is 0.696 bits per heavy atom. The van der Waals surface area contributed by atoms with Gasteiger partial charge in [-0.3, -0.25) is 15.0 Å². The van der Waals surface area contributed by atoms with E-state index in [1.54, 1.807) is 0 Å². The molecule has 0 saturated heterocycles. The van der Waals surface area contributed by atoms with E-state index in [0.717, 1.165) is 64.1 Å². The van der Waals surface area contributed by atoms with Gasteiger partial charge in [0.25, 0.3) is 0 Å². The van der Waals surface area contributed by atoms with E-state index >= 15 is 0 Å². The molecule has 6 heteroatoms. The normalized spacial score (nSPS) is 18.4. The first-order valence-corrected chi connectivity index (χ1v) is 8.87. The molecule has 0 fully saturated rings. The van der Waals surface area contributed by atoms with Crippen molar-refractivity contribution in [3.05, 3.63) is 0 Å². The number of unbranched alkanes of at least 4 members (excludes halogenated alkanes) is 5. The van der Waals surface area contributed by atoms with Crippen molar-refractivity contribution < 1.29 is 14.2 Å². The van der Waals surface area contributed by atoms with Crippen molar-refractivity contribution in [3.63, 3.8) is 0 Å². The third-order valence-electron chi connectivity index (χ3n) is 3.81. The highest BCUT2D eigenvalue weighted by molar-refractivity contribution is 5.77. The van der Waals surface area contributed by atoms with Gasteiger partial charge in [-0.25, -0.2) is 0 Å². The summed E-state index contributed by atoms with van der Waals surface area (Å²) >= 11 is 0. The van der Waals surface area contributed by atoms with E-state index in [-0.39, 0.29) is 0 Å². The molecule has 3 aliphatic rings. The van der Waals surface area contributed by atoms with Crippen molar-refractivity contribution in [2.24, 2.45) is 15.0 Å². The zero-order valence-electron chi connectivity index (χ0n) is 14.0. The Morgan fingerprint density at radius 3 is 1.61 bits per heavy atom. The monoisotopic (exact) mass is 323 g/mol. The molecular formula is C17H29N3O3. The fourth-order valence-corrected chi connectivity index (χ4v) is 2.58. The van der Waals surface area contributed by atoms with Crippen LogP contribution >= 0.6 is 0 Å². The molecule has 6 nitrogen and oxygen atoms in total. The molecule has 0 saturated carbocycles. The summed E-state index contributed by atoms with van der Waals surface area (Å²) in [5.74, 6) is 1.96. The van der Waals surface area contributed by atoms with Gasteiger partial charge in [-0.05, 0) is 12.8 Å². The van der Waals surface area contributed by atoms with E-state index < -0.39 is 0 Å². The summed E-state index contributed by atoms with van der Waals surface area (Å²) in [6, 6.07) is 0. The van der Waals surface area contributed by atoms with Crippen molar-refractivity contribution in [1.29, 1.82) is 0 Å². The fraction of sp³-hybridized carbons (Fsp3) is 0.824. The molecule has 0 aliphatic carbocycles. The van der Waals surface area contributed by atoms with Crippen molar-refractivity contribution in [1.82, 2.24) is 0 Å². The number of nitrogens with zero attached hydrogens (tertiary/aromatic N) is 3. The molecule has 0 unspecified atom stereocenters. The van der Waals surface area contributed by atoms with Gasteiger partial charge in [0, 0.05) is 12.8 Å².